The molecular formula is C20H59KO2. The molecule has 3 heteroatoms. The van der Waals surface area contributed by atoms with Gasteiger partial charge in [0.15, 0.2) is 0 Å². The Morgan fingerprint density at radius 3 is 0.957 bits per heavy atom. The zero-order valence-corrected chi connectivity index (χ0v) is 15.9. The van der Waals surface area contributed by atoms with Gasteiger partial charge in [-0.1, -0.05) is 98.6 Å². The Balaban J connectivity index is -0.00000000551. The first-order valence-electron chi connectivity index (χ1n) is 5.28. The SMILES string of the molecule is C.C.C.C.C.C.C.C=C(C)C.CC(C)(C)[O-].CC=O.CCC.[HH].[K+]. The Morgan fingerprint density at radius 2 is 0.957 bits per heavy atom. The van der Waals surface area contributed by atoms with Crippen LogP contribution < -0.4 is 56.5 Å². The first kappa shape index (κ1) is 88.1. The molecule has 0 unspecified atom stereocenters. The quantitative estimate of drug-likeness (QED) is 0.340. The molecule has 0 aromatic heterocycles. The molecule has 0 aliphatic heterocycles. The maximum Gasteiger partial charge on any atom is 1.00 e. The average molecular weight is 371 g/mol. The summed E-state index contributed by atoms with van der Waals surface area (Å²) in [6.45, 7) is 18.1. The molecule has 2 nitrogen and oxygen atoms in total. The van der Waals surface area contributed by atoms with Crippen LogP contribution in [0, 0.1) is 0 Å². The Hall–Kier alpha value is 1.01. The predicted molar refractivity (Wildman–Crippen MR) is 117 cm³/mol. The van der Waals surface area contributed by atoms with Gasteiger partial charge in [0.1, 0.15) is 6.29 Å². The van der Waals surface area contributed by atoms with Crippen LogP contribution in [0.15, 0.2) is 12.2 Å². The molecule has 0 fully saturated rings. The summed E-state index contributed by atoms with van der Waals surface area (Å²) in [6, 6.07) is 0. The zero-order valence-electron chi connectivity index (χ0n) is 12.8. The van der Waals surface area contributed by atoms with Crippen LogP contribution in [-0.2, 0) is 4.79 Å². The van der Waals surface area contributed by atoms with Crippen LogP contribution in [0.25, 0.3) is 0 Å². The van der Waals surface area contributed by atoms with E-state index in [1.165, 1.54) is 18.9 Å². The van der Waals surface area contributed by atoms with Gasteiger partial charge in [0.05, 0.1) is 0 Å². The van der Waals surface area contributed by atoms with Crippen molar-refractivity contribution in [2.75, 3.05) is 0 Å². The fourth-order valence-corrected chi connectivity index (χ4v) is 0. The normalized spacial score (nSPS) is 5.09. The first-order chi connectivity index (χ1) is 6.56. The molecule has 0 N–H and O–H groups in total. The summed E-state index contributed by atoms with van der Waals surface area (Å²) in [5, 5.41) is 10.1. The minimum Gasteiger partial charge on any atom is -0.850 e. The second-order valence-electron chi connectivity index (χ2n) is 4.26. The monoisotopic (exact) mass is 370 g/mol. The van der Waals surface area contributed by atoms with Gasteiger partial charge in [-0.05, 0) is 20.8 Å². The Morgan fingerprint density at radius 1 is 0.957 bits per heavy atom. The third-order valence-corrected chi connectivity index (χ3v) is 0. The Bertz CT molecular complexity index is 124. The van der Waals surface area contributed by atoms with Crippen molar-refractivity contribution in [1.29, 1.82) is 0 Å². The zero-order chi connectivity index (χ0) is 13.5. The molecule has 0 saturated carbocycles. The van der Waals surface area contributed by atoms with Crippen LogP contribution in [0.2, 0.25) is 0 Å². The summed E-state index contributed by atoms with van der Waals surface area (Å²) in [6.07, 6.45) is 2.00. The maximum atomic E-state index is 10.1. The summed E-state index contributed by atoms with van der Waals surface area (Å²) in [4.78, 5) is 8.81. The van der Waals surface area contributed by atoms with Crippen LogP contribution in [-0.4, -0.2) is 11.9 Å². The number of carbonyl (C=O) groups excluding carboxylic acids is 1. The Labute approximate surface area is 198 Å². The molecule has 0 bridgehead atoms. The van der Waals surface area contributed by atoms with E-state index in [4.69, 9.17) is 4.79 Å². The fraction of sp³-hybridized carbons (Fsp3) is 0.850. The number of aldehydes is 1. The molecule has 0 aromatic carbocycles. The topological polar surface area (TPSA) is 40.1 Å². The smallest absolute Gasteiger partial charge is 0.850 e. The second kappa shape index (κ2) is 77.3. The average Bonchev–Trinajstić information content (AvgIpc) is 1.82. The number of hydrogen-bond acceptors (Lipinski definition) is 2. The van der Waals surface area contributed by atoms with E-state index in [2.05, 4.69) is 20.4 Å². The number of allylic oxidation sites excluding steroid dienone is 1. The van der Waals surface area contributed by atoms with Crippen LogP contribution in [0.5, 0.6) is 0 Å². The van der Waals surface area contributed by atoms with Crippen LogP contribution in [0.1, 0.15) is 115 Å². The van der Waals surface area contributed by atoms with Gasteiger partial charge in [-0.3, -0.25) is 0 Å². The molecule has 0 aromatic rings. The summed E-state index contributed by atoms with van der Waals surface area (Å²) in [7, 11) is 0. The molecule has 23 heavy (non-hydrogen) atoms. The molecule has 0 heterocycles. The van der Waals surface area contributed by atoms with Gasteiger partial charge >= 0.3 is 51.4 Å². The van der Waals surface area contributed by atoms with Crippen molar-refractivity contribution in [3.05, 3.63) is 12.2 Å². The van der Waals surface area contributed by atoms with Crippen molar-refractivity contribution in [3.8, 4) is 0 Å². The van der Waals surface area contributed by atoms with Gasteiger partial charge in [-0.2, -0.15) is 0 Å². The molecule has 0 aliphatic carbocycles. The molecule has 0 spiro atoms. The maximum absolute atomic E-state index is 10.1. The summed E-state index contributed by atoms with van der Waals surface area (Å²) in [5.74, 6) is 0. The van der Waals surface area contributed by atoms with E-state index < -0.39 is 5.60 Å². The minimum atomic E-state index is -0.750. The Kier molecular flexibility index (Phi) is 296. The van der Waals surface area contributed by atoms with Gasteiger partial charge < -0.3 is 9.90 Å². The van der Waals surface area contributed by atoms with E-state index in [1.54, 1.807) is 20.8 Å². The largest absolute Gasteiger partial charge is 1.00 e. The standard InChI is InChI=1S/C4H9O.C4H8.C3H8.C2H4O.7CH4.K.H2/c1-4(2,3)5;1-4(2)3;1-3-2;1-2-3;;;;;;;;;/h1-3H3;1H2,2-3H3;3H2,1-2H3;2H,1H3;7*1H4;;1H/q-1;;;;;;;;;;;+1;. The number of carbonyl (C=O) groups is 1. The van der Waals surface area contributed by atoms with Crippen molar-refractivity contribution in [1.82, 2.24) is 0 Å². The molecular weight excluding hydrogens is 311 g/mol. The molecule has 0 rings (SSSR count). The minimum absolute atomic E-state index is 0. The van der Waals surface area contributed by atoms with E-state index in [0.29, 0.717) is 0 Å². The van der Waals surface area contributed by atoms with E-state index in [0.717, 1.165) is 6.29 Å². The first-order valence-corrected chi connectivity index (χ1v) is 5.28. The molecule has 152 valence electrons. The third kappa shape index (κ3) is 10000. The molecule has 0 atom stereocenters. The van der Waals surface area contributed by atoms with Crippen molar-refractivity contribution in [3.63, 3.8) is 0 Å². The van der Waals surface area contributed by atoms with E-state index in [1.807, 2.05) is 13.8 Å². The summed E-state index contributed by atoms with van der Waals surface area (Å²) < 4.78 is 0. The van der Waals surface area contributed by atoms with E-state index in [-0.39, 0.29) is 105 Å². The second-order valence-corrected chi connectivity index (χ2v) is 4.26. The van der Waals surface area contributed by atoms with Gasteiger partial charge in [0, 0.05) is 1.43 Å². The van der Waals surface area contributed by atoms with Crippen LogP contribution in [0.4, 0.5) is 0 Å². The molecule has 0 amide bonds. The molecule has 0 saturated heterocycles. The van der Waals surface area contributed by atoms with Crippen molar-refractivity contribution in [2.24, 2.45) is 0 Å². The van der Waals surface area contributed by atoms with Gasteiger partial charge in [-0.25, -0.2) is 0 Å². The third-order valence-electron chi connectivity index (χ3n) is 0. The molecule has 0 aliphatic rings. The number of hydrogen-bond donors (Lipinski definition) is 0. The van der Waals surface area contributed by atoms with Crippen molar-refractivity contribution in [2.45, 2.75) is 119 Å². The fourth-order valence-electron chi connectivity index (χ4n) is 0. The number of rotatable bonds is 0. The van der Waals surface area contributed by atoms with Crippen molar-refractivity contribution >= 4 is 6.29 Å². The summed E-state index contributed by atoms with van der Waals surface area (Å²) >= 11 is 0. The van der Waals surface area contributed by atoms with Crippen LogP contribution in [0.3, 0.4) is 0 Å². The molecule has 0 radical (unpaired) electrons. The van der Waals surface area contributed by atoms with Gasteiger partial charge in [0.2, 0.25) is 0 Å². The summed E-state index contributed by atoms with van der Waals surface area (Å²) in [5.41, 5.74) is 0.417. The van der Waals surface area contributed by atoms with Crippen LogP contribution >= 0.6 is 0 Å². The van der Waals surface area contributed by atoms with Gasteiger partial charge in [-0.15, -0.1) is 12.2 Å². The van der Waals surface area contributed by atoms with Gasteiger partial charge in [0.25, 0.3) is 0 Å². The van der Waals surface area contributed by atoms with E-state index in [9.17, 15) is 5.11 Å². The van der Waals surface area contributed by atoms with E-state index >= 15 is 0 Å². The van der Waals surface area contributed by atoms with Crippen molar-refractivity contribution < 1.29 is 62.7 Å². The predicted octanol–water partition coefficient (Wildman–Crippen LogP) is 5.05.